The molecular weight excluding hydrogens is 324 g/mol. The number of hydrogen-bond acceptors (Lipinski definition) is 2. The molecule has 0 saturated carbocycles. The Bertz CT molecular complexity index is 775. The van der Waals surface area contributed by atoms with Crippen LogP contribution in [0.25, 0.3) is 0 Å². The van der Waals surface area contributed by atoms with Crippen molar-refractivity contribution in [3.63, 3.8) is 0 Å². The number of anilines is 2. The maximum Gasteiger partial charge on any atom is 0.247 e. The van der Waals surface area contributed by atoms with Gasteiger partial charge in [0.2, 0.25) is 11.8 Å². The molecule has 1 heterocycles. The van der Waals surface area contributed by atoms with Gasteiger partial charge in [-0.3, -0.25) is 9.59 Å². The molecule has 1 aliphatic rings. The zero-order valence-corrected chi connectivity index (χ0v) is 14.3. The fraction of sp³-hybridized carbons (Fsp3) is 0.263. The molecule has 0 spiro atoms. The number of carbonyl (C=O) groups is 2. The van der Waals surface area contributed by atoms with Crippen molar-refractivity contribution in [2.75, 3.05) is 22.9 Å². The summed E-state index contributed by atoms with van der Waals surface area (Å²) in [5.74, 6) is -0.306. The first-order valence-electron chi connectivity index (χ1n) is 7.99. The van der Waals surface area contributed by atoms with Gasteiger partial charge in [0.05, 0.1) is 10.7 Å². The van der Waals surface area contributed by atoms with Crippen LogP contribution < -0.4 is 9.80 Å². The summed E-state index contributed by atoms with van der Waals surface area (Å²) in [6, 6.07) is 15.0. The molecule has 0 bridgehead atoms. The molecule has 1 aliphatic heterocycles. The molecule has 2 aromatic rings. The number of para-hydroxylation sites is 2. The molecule has 0 atom stereocenters. The average Bonchev–Trinajstić information content (AvgIpc) is 2.59. The minimum absolute atomic E-state index is 0.0204. The molecular formula is C19H19ClN2O2. The third-order valence-corrected chi connectivity index (χ3v) is 4.55. The maximum absolute atomic E-state index is 12.8. The van der Waals surface area contributed by atoms with E-state index in [9.17, 15) is 9.59 Å². The number of halogens is 1. The van der Waals surface area contributed by atoms with Crippen LogP contribution in [0.5, 0.6) is 0 Å². The molecule has 24 heavy (non-hydrogen) atoms. The lowest BCUT2D eigenvalue weighted by Crippen LogP contribution is -2.44. The summed E-state index contributed by atoms with van der Waals surface area (Å²) in [4.78, 5) is 28.1. The van der Waals surface area contributed by atoms with Gasteiger partial charge in [0, 0.05) is 19.2 Å². The number of rotatable bonds is 3. The number of fused-ring (bicyclic) bond motifs is 1. The highest BCUT2D eigenvalue weighted by molar-refractivity contribution is 6.33. The van der Waals surface area contributed by atoms with E-state index in [1.165, 1.54) is 17.4 Å². The highest BCUT2D eigenvalue weighted by atomic mass is 35.5. The van der Waals surface area contributed by atoms with Crippen LogP contribution in [0.3, 0.4) is 0 Å². The van der Waals surface area contributed by atoms with E-state index in [-0.39, 0.29) is 18.4 Å². The minimum Gasteiger partial charge on any atom is -0.311 e. The Morgan fingerprint density at radius 2 is 1.83 bits per heavy atom. The second-order valence-electron chi connectivity index (χ2n) is 5.83. The van der Waals surface area contributed by atoms with Crippen LogP contribution in [0.4, 0.5) is 11.4 Å². The first-order chi connectivity index (χ1) is 11.6. The Morgan fingerprint density at radius 1 is 1.12 bits per heavy atom. The van der Waals surface area contributed by atoms with Crippen molar-refractivity contribution in [1.82, 2.24) is 0 Å². The Kier molecular flexibility index (Phi) is 4.86. The molecule has 0 saturated heterocycles. The molecule has 0 fully saturated rings. The van der Waals surface area contributed by atoms with Crippen LogP contribution >= 0.6 is 11.6 Å². The summed E-state index contributed by atoms with van der Waals surface area (Å²) in [7, 11) is 0. The van der Waals surface area contributed by atoms with Gasteiger partial charge < -0.3 is 9.80 Å². The van der Waals surface area contributed by atoms with Gasteiger partial charge in [0.1, 0.15) is 6.54 Å². The van der Waals surface area contributed by atoms with Crippen LogP contribution in [0, 0.1) is 0 Å². The lowest BCUT2D eigenvalue weighted by molar-refractivity contribution is -0.121. The molecule has 2 aromatic carbocycles. The zero-order chi connectivity index (χ0) is 17.1. The van der Waals surface area contributed by atoms with Gasteiger partial charge in [-0.2, -0.15) is 0 Å². The molecule has 3 rings (SSSR count). The summed E-state index contributed by atoms with van der Waals surface area (Å²) >= 11 is 6.19. The zero-order valence-electron chi connectivity index (χ0n) is 13.5. The second kappa shape index (κ2) is 7.05. The number of amides is 2. The number of hydrogen-bond donors (Lipinski definition) is 0. The van der Waals surface area contributed by atoms with Crippen molar-refractivity contribution in [2.24, 2.45) is 0 Å². The average molecular weight is 343 g/mol. The molecule has 124 valence electrons. The van der Waals surface area contributed by atoms with Crippen molar-refractivity contribution in [3.8, 4) is 0 Å². The van der Waals surface area contributed by atoms with Gasteiger partial charge in [-0.15, -0.1) is 0 Å². The van der Waals surface area contributed by atoms with Crippen LogP contribution in [-0.2, 0) is 16.0 Å². The predicted molar refractivity (Wildman–Crippen MR) is 96.6 cm³/mol. The third kappa shape index (κ3) is 3.29. The first-order valence-corrected chi connectivity index (χ1v) is 8.36. The Morgan fingerprint density at radius 3 is 2.58 bits per heavy atom. The predicted octanol–water partition coefficient (Wildman–Crippen LogP) is 3.67. The topological polar surface area (TPSA) is 40.6 Å². The van der Waals surface area contributed by atoms with Gasteiger partial charge in [-0.25, -0.2) is 0 Å². The van der Waals surface area contributed by atoms with Gasteiger partial charge in [0.15, 0.2) is 0 Å². The SMILES string of the molecule is CC(=O)N(CC(=O)N1CCCc2ccccc21)c1ccccc1Cl. The summed E-state index contributed by atoms with van der Waals surface area (Å²) < 4.78 is 0. The molecule has 0 radical (unpaired) electrons. The monoisotopic (exact) mass is 342 g/mol. The molecule has 5 heteroatoms. The van der Waals surface area contributed by atoms with E-state index in [1.54, 1.807) is 29.2 Å². The quantitative estimate of drug-likeness (QED) is 0.853. The van der Waals surface area contributed by atoms with Crippen molar-refractivity contribution in [3.05, 3.63) is 59.1 Å². The fourth-order valence-electron chi connectivity index (χ4n) is 3.05. The standard InChI is InChI=1S/C19H19ClN2O2/c1-14(23)22(18-11-5-3-9-16(18)20)13-19(24)21-12-6-8-15-7-2-4-10-17(15)21/h2-5,7,9-11H,6,8,12-13H2,1H3. The summed E-state index contributed by atoms with van der Waals surface area (Å²) in [6.07, 6.45) is 1.90. The number of nitrogens with zero attached hydrogens (tertiary/aromatic N) is 2. The van der Waals surface area contributed by atoms with Crippen molar-refractivity contribution >= 4 is 34.8 Å². The van der Waals surface area contributed by atoms with Crippen LogP contribution in [0.15, 0.2) is 48.5 Å². The molecule has 4 nitrogen and oxygen atoms in total. The van der Waals surface area contributed by atoms with Crippen molar-refractivity contribution in [1.29, 1.82) is 0 Å². The van der Waals surface area contributed by atoms with E-state index in [0.29, 0.717) is 17.3 Å². The van der Waals surface area contributed by atoms with E-state index in [4.69, 9.17) is 11.6 Å². The highest BCUT2D eigenvalue weighted by Gasteiger charge is 2.26. The lowest BCUT2D eigenvalue weighted by Gasteiger charge is -2.31. The second-order valence-corrected chi connectivity index (χ2v) is 6.24. The van der Waals surface area contributed by atoms with E-state index in [1.807, 2.05) is 24.3 Å². The summed E-state index contributed by atoms with van der Waals surface area (Å²) in [5.41, 5.74) is 2.67. The van der Waals surface area contributed by atoms with E-state index < -0.39 is 0 Å². The van der Waals surface area contributed by atoms with Gasteiger partial charge in [-0.1, -0.05) is 41.9 Å². The largest absolute Gasteiger partial charge is 0.311 e. The third-order valence-electron chi connectivity index (χ3n) is 4.23. The van der Waals surface area contributed by atoms with E-state index in [2.05, 4.69) is 0 Å². The first kappa shape index (κ1) is 16.5. The van der Waals surface area contributed by atoms with Gasteiger partial charge >= 0.3 is 0 Å². The van der Waals surface area contributed by atoms with Crippen molar-refractivity contribution < 1.29 is 9.59 Å². The van der Waals surface area contributed by atoms with E-state index in [0.717, 1.165) is 18.5 Å². The Labute approximate surface area is 146 Å². The minimum atomic E-state index is -0.207. The molecule has 0 unspecified atom stereocenters. The summed E-state index contributed by atoms with van der Waals surface area (Å²) in [5, 5.41) is 0.458. The number of carbonyl (C=O) groups excluding carboxylic acids is 2. The molecule has 0 N–H and O–H groups in total. The van der Waals surface area contributed by atoms with Crippen LogP contribution in [0.1, 0.15) is 18.9 Å². The fourth-order valence-corrected chi connectivity index (χ4v) is 3.29. The molecule has 2 amide bonds. The van der Waals surface area contributed by atoms with Crippen LogP contribution in [-0.4, -0.2) is 24.9 Å². The summed E-state index contributed by atoms with van der Waals surface area (Å²) in [6.45, 7) is 2.10. The van der Waals surface area contributed by atoms with Gasteiger partial charge in [0.25, 0.3) is 0 Å². The maximum atomic E-state index is 12.8. The highest BCUT2D eigenvalue weighted by Crippen LogP contribution is 2.29. The number of benzene rings is 2. The normalized spacial score (nSPS) is 13.3. The Hall–Kier alpha value is -2.33. The van der Waals surface area contributed by atoms with Gasteiger partial charge in [-0.05, 0) is 36.6 Å². The van der Waals surface area contributed by atoms with Crippen LogP contribution in [0.2, 0.25) is 5.02 Å². The number of aryl methyl sites for hydroxylation is 1. The lowest BCUT2D eigenvalue weighted by atomic mass is 10.0. The molecule has 0 aliphatic carbocycles. The van der Waals surface area contributed by atoms with E-state index >= 15 is 0 Å². The van der Waals surface area contributed by atoms with Crippen molar-refractivity contribution in [2.45, 2.75) is 19.8 Å². The molecule has 0 aromatic heterocycles. The Balaban J connectivity index is 1.86. The smallest absolute Gasteiger partial charge is 0.247 e.